The van der Waals surface area contributed by atoms with Crippen molar-refractivity contribution in [2.24, 2.45) is 23.1 Å². The number of carbonyl (C=O) groups excluding carboxylic acids is 4. The van der Waals surface area contributed by atoms with E-state index in [0.29, 0.717) is 35.6 Å². The number of carbonyl (C=O) groups is 5. The number of aliphatic carboxylic acids is 1. The van der Waals surface area contributed by atoms with Crippen molar-refractivity contribution in [2.45, 2.75) is 94.9 Å². The van der Waals surface area contributed by atoms with E-state index in [0.717, 1.165) is 5.56 Å². The minimum Gasteiger partial charge on any atom is -0.480 e. The van der Waals surface area contributed by atoms with Gasteiger partial charge in [0.15, 0.2) is 2.82 Å². The van der Waals surface area contributed by atoms with Crippen molar-refractivity contribution in [3.8, 4) is 0 Å². The van der Waals surface area contributed by atoms with E-state index in [1.54, 1.807) is 54.6 Å². The molecule has 1 aliphatic rings. The minimum atomic E-state index is -1.53. The lowest BCUT2D eigenvalue weighted by atomic mass is 9.88. The highest BCUT2D eigenvalue weighted by Crippen LogP contribution is 2.21. The monoisotopic (exact) mass is 682 g/mol. The van der Waals surface area contributed by atoms with Crippen molar-refractivity contribution < 1.29 is 33.3 Å². The highest BCUT2D eigenvalue weighted by atomic mass is 16.4. The third-order valence-electron chi connectivity index (χ3n) is 8.66. The average Bonchev–Trinajstić information content (AvgIpc) is 3.14. The molecule has 1 saturated heterocycles. The quantitative estimate of drug-likeness (QED) is 0.104. The van der Waals surface area contributed by atoms with Crippen LogP contribution >= 0.6 is 0 Å². The van der Waals surface area contributed by atoms with Crippen LogP contribution in [0, 0.1) is 5.92 Å². The average molecular weight is 683 g/mol. The predicted octanol–water partition coefficient (Wildman–Crippen LogP) is 0.833. The number of unbranched alkanes of at least 4 members (excludes halogenated alkanes) is 1. The van der Waals surface area contributed by atoms with Gasteiger partial charge in [-0.2, -0.15) is 0 Å². The lowest BCUT2D eigenvalue weighted by Gasteiger charge is -2.38. The van der Waals surface area contributed by atoms with Gasteiger partial charge in [-0.15, -0.1) is 0 Å². The number of benzene rings is 2. The second kappa shape index (κ2) is 19.0. The molecule has 268 valence electrons. The van der Waals surface area contributed by atoms with Gasteiger partial charge in [-0.3, -0.25) is 24.0 Å². The summed E-state index contributed by atoms with van der Waals surface area (Å²) in [4.78, 5) is 68.7. The molecule has 13 nitrogen and oxygen atoms in total. The molecule has 4 atom stereocenters. The van der Waals surface area contributed by atoms with Crippen molar-refractivity contribution in [1.29, 1.82) is 0 Å². The second-order valence-electron chi connectivity index (χ2n) is 13.2. The Kier molecular flexibility index (Phi) is 13.4. The van der Waals surface area contributed by atoms with Gasteiger partial charge in [-0.25, -0.2) is 0 Å². The number of hydrogen-bond donors (Lipinski definition) is 7. The van der Waals surface area contributed by atoms with Gasteiger partial charge in [0, 0.05) is 19.5 Å². The summed E-state index contributed by atoms with van der Waals surface area (Å²) in [6.45, 7) is 4.15. The van der Waals surface area contributed by atoms with Crippen LogP contribution in [0.3, 0.4) is 0 Å². The van der Waals surface area contributed by atoms with Crippen molar-refractivity contribution in [2.75, 3.05) is 19.6 Å². The first-order chi connectivity index (χ1) is 24.7. The molecule has 4 amide bonds. The number of carboxylic acids is 1. The summed E-state index contributed by atoms with van der Waals surface area (Å²) >= 11 is 0. The van der Waals surface area contributed by atoms with Gasteiger partial charge in [0.1, 0.15) is 25.1 Å². The molecule has 0 aliphatic carbocycles. The van der Waals surface area contributed by atoms with Gasteiger partial charge < -0.3 is 43.1 Å². The molecule has 2 aromatic rings. The number of nitrogens with zero attached hydrogens (tertiary/aromatic N) is 1. The Morgan fingerprint density at radius 3 is 1.96 bits per heavy atom. The van der Waals surface area contributed by atoms with Gasteiger partial charge in [0.2, 0.25) is 23.6 Å². The van der Waals surface area contributed by atoms with Gasteiger partial charge in [-0.1, -0.05) is 74.5 Å². The minimum absolute atomic E-state index is 0.0373. The highest BCUT2D eigenvalue weighted by molar-refractivity contribution is 5.95. The molecule has 49 heavy (non-hydrogen) atoms. The number of likely N-dealkylation sites (tertiary alicyclic amines) is 1. The van der Waals surface area contributed by atoms with Gasteiger partial charge in [0.25, 0.3) is 0 Å². The smallest absolute Gasteiger partial charge is 0.323 e. The largest absolute Gasteiger partial charge is 0.480 e. The topological polar surface area (TPSA) is 223 Å². The van der Waals surface area contributed by atoms with Gasteiger partial charge in [0.05, 0.1) is 6.04 Å². The molecule has 1 heterocycles. The Balaban J connectivity index is 1.88. The Bertz CT molecular complexity index is 1480. The molecule has 13 heteroatoms. The molecule has 3 rings (SSSR count). The summed E-state index contributed by atoms with van der Waals surface area (Å²) in [5.41, 5.74) is 13.8. The summed E-state index contributed by atoms with van der Waals surface area (Å²) in [7, 11) is 0. The molecular weight excluding hydrogens is 626 g/mol. The van der Waals surface area contributed by atoms with Gasteiger partial charge >= 0.3 is 5.97 Å². The van der Waals surface area contributed by atoms with E-state index in [-0.39, 0.29) is 57.5 Å². The van der Waals surface area contributed by atoms with Crippen molar-refractivity contribution >= 4 is 29.6 Å². The van der Waals surface area contributed by atoms with Crippen molar-refractivity contribution in [3.05, 3.63) is 71.8 Å². The molecular formula is C36H53N7O6. The highest BCUT2D eigenvalue weighted by Gasteiger charge is 2.40. The number of nitrogens with one attached hydrogen (secondary N) is 3. The zero-order valence-electron chi connectivity index (χ0n) is 31.4. The maximum Gasteiger partial charge on any atom is 0.323 e. The first-order valence-electron chi connectivity index (χ1n) is 18.3. The van der Waals surface area contributed by atoms with Crippen LogP contribution < -0.4 is 33.1 Å². The molecule has 0 unspecified atom stereocenters. The molecule has 0 bridgehead atoms. The summed E-state index contributed by atoms with van der Waals surface area (Å²) in [6, 6.07) is 12.5. The number of piperidine rings is 1. The van der Waals surface area contributed by atoms with Crippen molar-refractivity contribution in [3.63, 3.8) is 0 Å². The molecule has 0 spiro atoms. The fraction of sp³-hybridized carbons (Fsp3) is 0.528. The van der Waals surface area contributed by atoms with E-state index < -0.39 is 59.3 Å². The number of amides is 4. The summed E-state index contributed by atoms with van der Waals surface area (Å²) in [5.74, 6) is -4.35. The third-order valence-corrected chi connectivity index (χ3v) is 8.66. The van der Waals surface area contributed by atoms with Gasteiger partial charge in [-0.05, 0) is 68.5 Å². The molecule has 0 radical (unpaired) electrons. The summed E-state index contributed by atoms with van der Waals surface area (Å²) < 4.78 is 25.7. The van der Waals surface area contributed by atoms with Crippen LogP contribution in [0.4, 0.5) is 0 Å². The normalized spacial score (nSPS) is 17.4. The van der Waals surface area contributed by atoms with E-state index in [1.807, 2.05) is 19.9 Å². The molecule has 1 fully saturated rings. The fourth-order valence-corrected chi connectivity index (χ4v) is 5.69. The van der Waals surface area contributed by atoms with E-state index >= 15 is 0 Å². The van der Waals surface area contributed by atoms with E-state index in [2.05, 4.69) is 11.0 Å². The Labute approximate surface area is 293 Å². The maximum absolute atomic E-state index is 14.2. The standard InChI is InChI=1S/C36H53N7O6/c1-24(2)21-29(32(45)40-28(15-9-10-18-37)34(47)43-19-16-36(39,17-20-43)35(48)49)42-33(46)30(23-26-13-7-4-8-14-26)41-31(44)27(38)22-25-11-5-3-6-12-25/h3-8,11-14,24,27-30H,9-10,15-23,37-39H2,1-2H3,(H,40,45)(H,41,44)(H,42,46)(H,48,49)/t27-,28+,29+,30+/m1/s1/i/hD3. The lowest BCUT2D eigenvalue weighted by molar-refractivity contribution is -0.148. The number of rotatable bonds is 19. The Morgan fingerprint density at radius 2 is 1.43 bits per heavy atom. The third kappa shape index (κ3) is 12.3. The molecule has 0 saturated carbocycles. The lowest BCUT2D eigenvalue weighted by Crippen LogP contribution is -2.60. The second-order valence-corrected chi connectivity index (χ2v) is 13.2. The van der Waals surface area contributed by atoms with Crippen LogP contribution in [0.2, 0.25) is 4.24 Å². The van der Waals surface area contributed by atoms with Crippen LogP contribution in [0.5, 0.6) is 0 Å². The Morgan fingerprint density at radius 1 is 0.857 bits per heavy atom. The predicted molar refractivity (Wildman–Crippen MR) is 187 cm³/mol. The summed E-state index contributed by atoms with van der Waals surface area (Å²) in [6.07, 6.45) is 1.36. The summed E-state index contributed by atoms with van der Waals surface area (Å²) in [5, 5.41) is 13.3. The van der Waals surface area contributed by atoms with E-state index in [9.17, 15) is 29.1 Å². The molecule has 10 N–H and O–H groups in total. The molecule has 2 aromatic carbocycles. The number of carboxylic acid groups (broad SMARTS) is 1. The van der Waals surface area contributed by atoms with Crippen LogP contribution in [-0.2, 0) is 36.8 Å². The fourth-order valence-electron chi connectivity index (χ4n) is 5.69. The number of nitrogens with two attached hydrogens (primary N) is 3. The SMILES string of the molecule is [2H]N[C@H](Cc1ccccc1)C(=O)N([2H])[C@@H](Cc1ccccc1)C(=O)N([2H])[C@@H](CC(C)C)C(=O)N[C@@H](CCCCN)C(=O)N1CCC(N)(C(=O)O)CC1. The molecule has 0 aromatic heterocycles. The first kappa shape index (κ1) is 34.5. The molecule has 1 aliphatic heterocycles. The van der Waals surface area contributed by atoms with Crippen LogP contribution in [0.15, 0.2) is 60.7 Å². The Hall–Kier alpha value is -4.33. The van der Waals surface area contributed by atoms with E-state index in [1.165, 1.54) is 4.90 Å². The van der Waals surface area contributed by atoms with Crippen LogP contribution in [-0.4, -0.2) is 88.9 Å². The van der Waals surface area contributed by atoms with Crippen LogP contribution in [0.1, 0.15) is 63.5 Å². The van der Waals surface area contributed by atoms with Crippen LogP contribution in [0.25, 0.3) is 0 Å². The zero-order valence-corrected chi connectivity index (χ0v) is 28.4. The zero-order chi connectivity index (χ0) is 38.4. The van der Waals surface area contributed by atoms with E-state index in [4.69, 9.17) is 15.7 Å². The first-order valence-corrected chi connectivity index (χ1v) is 16.9. The van der Waals surface area contributed by atoms with Crippen molar-refractivity contribution in [1.82, 2.24) is 20.8 Å². The maximum atomic E-state index is 14.2. The number of hydrogen-bond acceptors (Lipinski definition) is 8.